The van der Waals surface area contributed by atoms with Crippen LogP contribution < -0.4 is 24.8 Å². The summed E-state index contributed by atoms with van der Waals surface area (Å²) in [5, 5.41) is 0. The maximum Gasteiger partial charge on any atom is 0.231 e. The van der Waals surface area contributed by atoms with E-state index in [1.807, 2.05) is 25.1 Å². The van der Waals surface area contributed by atoms with Crippen LogP contribution in [0.4, 0.5) is 11.4 Å². The molecule has 2 aromatic carbocycles. The molecule has 0 bridgehead atoms. The van der Waals surface area contributed by atoms with Gasteiger partial charge in [0.15, 0.2) is 17.3 Å². The number of nitrogens with zero attached hydrogens (tertiary/aromatic N) is 1. The number of benzene rings is 2. The molecule has 1 aliphatic heterocycles. The lowest BCUT2D eigenvalue weighted by molar-refractivity contribution is 0.104. The highest BCUT2D eigenvalue weighted by atomic mass is 79.9. The Balaban J connectivity index is 1.93. The monoisotopic (exact) mass is 418 g/mol. The second-order valence-corrected chi connectivity index (χ2v) is 6.79. The number of hydrogen-bond donors (Lipinski definition) is 1. The molecule has 6 nitrogen and oxygen atoms in total. The summed E-state index contributed by atoms with van der Waals surface area (Å²) in [7, 11) is 5.36. The molecule has 2 aromatic rings. The summed E-state index contributed by atoms with van der Waals surface area (Å²) in [5.41, 5.74) is 8.64. The normalized spacial score (nSPS) is 12.8. The van der Waals surface area contributed by atoms with Crippen molar-refractivity contribution >= 4 is 39.2 Å². The number of Topliss-reactive ketones (excluding diaryl/α,β-unsaturated/α-hetero) is 1. The number of ether oxygens (including phenoxy) is 3. The Morgan fingerprint density at radius 3 is 2.54 bits per heavy atom. The van der Waals surface area contributed by atoms with Gasteiger partial charge in [-0.2, -0.15) is 0 Å². The Morgan fingerprint density at radius 2 is 1.92 bits per heavy atom. The lowest BCUT2D eigenvalue weighted by Crippen LogP contribution is -2.12. The number of carbonyl (C=O) groups is 1. The third kappa shape index (κ3) is 3.48. The van der Waals surface area contributed by atoms with Crippen LogP contribution in [-0.4, -0.2) is 33.8 Å². The highest BCUT2D eigenvalue weighted by Gasteiger charge is 2.18. The average Bonchev–Trinajstić information content (AvgIpc) is 3.07. The standard InChI is InChI=1S/C19H19BrN2O4/c1-22(2)15-5-4-11(7-14(15)21)19(23)13(20)6-12-8-17-18(26-10-25-17)9-16(12)24-3/h4-9H,10,21H2,1-3H3. The third-order valence-electron chi connectivity index (χ3n) is 4.00. The molecule has 136 valence electrons. The molecule has 2 N–H and O–H groups in total. The van der Waals surface area contributed by atoms with E-state index in [2.05, 4.69) is 15.9 Å². The van der Waals surface area contributed by atoms with Crippen molar-refractivity contribution in [2.45, 2.75) is 0 Å². The zero-order valence-corrected chi connectivity index (χ0v) is 16.3. The third-order valence-corrected chi connectivity index (χ3v) is 4.58. The smallest absolute Gasteiger partial charge is 0.231 e. The van der Waals surface area contributed by atoms with Crippen molar-refractivity contribution in [1.82, 2.24) is 0 Å². The lowest BCUT2D eigenvalue weighted by atomic mass is 10.1. The summed E-state index contributed by atoms with van der Waals surface area (Å²) >= 11 is 3.37. The second kappa shape index (κ2) is 7.29. The van der Waals surface area contributed by atoms with E-state index in [0.29, 0.717) is 38.5 Å². The molecule has 0 spiro atoms. The first-order valence-corrected chi connectivity index (χ1v) is 8.66. The zero-order valence-electron chi connectivity index (χ0n) is 14.7. The predicted octanol–water partition coefficient (Wildman–Crippen LogP) is 3.69. The van der Waals surface area contributed by atoms with E-state index in [4.69, 9.17) is 19.9 Å². The molecule has 1 heterocycles. The number of anilines is 2. The molecule has 3 rings (SSSR count). The summed E-state index contributed by atoms with van der Waals surface area (Å²) in [6.07, 6.45) is 1.69. The van der Waals surface area contributed by atoms with Gasteiger partial charge < -0.3 is 24.8 Å². The SMILES string of the molecule is COc1cc2c(cc1C=C(Br)C(=O)c1ccc(N(C)C)c(N)c1)OCO2. The van der Waals surface area contributed by atoms with E-state index in [0.717, 1.165) is 5.69 Å². The van der Waals surface area contributed by atoms with Gasteiger partial charge in [0.2, 0.25) is 6.79 Å². The van der Waals surface area contributed by atoms with Crippen molar-refractivity contribution in [3.8, 4) is 17.2 Å². The number of rotatable bonds is 5. The quantitative estimate of drug-likeness (QED) is 0.453. The summed E-state index contributed by atoms with van der Waals surface area (Å²) in [5.74, 6) is 1.64. The van der Waals surface area contributed by atoms with Gasteiger partial charge in [-0.15, -0.1) is 0 Å². The Bertz CT molecular complexity index is 893. The van der Waals surface area contributed by atoms with Crippen LogP contribution in [0.1, 0.15) is 15.9 Å². The number of carbonyl (C=O) groups excluding carboxylic acids is 1. The summed E-state index contributed by atoms with van der Waals surface area (Å²) in [4.78, 5) is 14.6. The maximum atomic E-state index is 12.7. The number of nitrogen functional groups attached to an aromatic ring is 1. The molecule has 7 heteroatoms. The van der Waals surface area contributed by atoms with Crippen molar-refractivity contribution in [3.63, 3.8) is 0 Å². The average molecular weight is 419 g/mol. The van der Waals surface area contributed by atoms with Gasteiger partial charge in [-0.05, 0) is 46.3 Å². The molecule has 0 fully saturated rings. The van der Waals surface area contributed by atoms with Crippen LogP contribution in [0.3, 0.4) is 0 Å². The van der Waals surface area contributed by atoms with Gasteiger partial charge in [-0.25, -0.2) is 0 Å². The number of nitrogens with two attached hydrogens (primary N) is 1. The number of fused-ring (bicyclic) bond motifs is 1. The molecular weight excluding hydrogens is 400 g/mol. The summed E-state index contributed by atoms with van der Waals surface area (Å²) < 4.78 is 16.5. The molecule has 0 saturated heterocycles. The molecule has 0 saturated carbocycles. The summed E-state index contributed by atoms with van der Waals surface area (Å²) in [6.45, 7) is 0.170. The van der Waals surface area contributed by atoms with Crippen molar-refractivity contribution in [1.29, 1.82) is 0 Å². The molecule has 0 aliphatic carbocycles. The van der Waals surface area contributed by atoms with Gasteiger partial charge in [0, 0.05) is 31.3 Å². The molecule has 0 amide bonds. The minimum atomic E-state index is -0.179. The number of ketones is 1. The molecule has 26 heavy (non-hydrogen) atoms. The predicted molar refractivity (Wildman–Crippen MR) is 106 cm³/mol. The van der Waals surface area contributed by atoms with Crippen molar-refractivity contribution in [3.05, 3.63) is 45.9 Å². The highest BCUT2D eigenvalue weighted by molar-refractivity contribution is 9.12. The Kier molecular flexibility index (Phi) is 5.08. The van der Waals surface area contributed by atoms with E-state index < -0.39 is 0 Å². The van der Waals surface area contributed by atoms with Crippen LogP contribution >= 0.6 is 15.9 Å². The molecular formula is C19H19BrN2O4. The van der Waals surface area contributed by atoms with Gasteiger partial charge in [0.1, 0.15) is 5.75 Å². The first kappa shape index (κ1) is 18.1. The fourth-order valence-corrected chi connectivity index (χ4v) is 3.15. The molecule has 0 radical (unpaired) electrons. The minimum absolute atomic E-state index is 0.170. The van der Waals surface area contributed by atoms with Gasteiger partial charge in [-0.3, -0.25) is 4.79 Å². The van der Waals surface area contributed by atoms with Crippen molar-refractivity contribution in [2.75, 3.05) is 38.6 Å². The number of methoxy groups -OCH3 is 1. The Labute approximate surface area is 160 Å². The van der Waals surface area contributed by atoms with E-state index in [9.17, 15) is 4.79 Å². The first-order chi connectivity index (χ1) is 12.4. The van der Waals surface area contributed by atoms with E-state index >= 15 is 0 Å². The van der Waals surface area contributed by atoms with Crippen LogP contribution in [0.2, 0.25) is 0 Å². The zero-order chi connectivity index (χ0) is 18.8. The van der Waals surface area contributed by atoms with Gasteiger partial charge in [0.25, 0.3) is 0 Å². The van der Waals surface area contributed by atoms with Crippen molar-refractivity contribution in [2.24, 2.45) is 0 Å². The van der Waals surface area contributed by atoms with Crippen LogP contribution in [0.25, 0.3) is 6.08 Å². The van der Waals surface area contributed by atoms with Crippen LogP contribution in [0.15, 0.2) is 34.8 Å². The van der Waals surface area contributed by atoms with Crippen LogP contribution in [0, 0.1) is 0 Å². The van der Waals surface area contributed by atoms with Crippen LogP contribution in [0.5, 0.6) is 17.2 Å². The van der Waals surface area contributed by atoms with E-state index in [-0.39, 0.29) is 12.6 Å². The Hall–Kier alpha value is -2.67. The second-order valence-electron chi connectivity index (χ2n) is 5.94. The fraction of sp³-hybridized carbons (Fsp3) is 0.211. The number of hydrogen-bond acceptors (Lipinski definition) is 6. The largest absolute Gasteiger partial charge is 0.496 e. The maximum absolute atomic E-state index is 12.7. The number of allylic oxidation sites excluding steroid dienone is 1. The lowest BCUT2D eigenvalue weighted by Gasteiger charge is -2.15. The van der Waals surface area contributed by atoms with E-state index in [1.54, 1.807) is 37.5 Å². The summed E-state index contributed by atoms with van der Waals surface area (Å²) in [6, 6.07) is 8.76. The van der Waals surface area contributed by atoms with Gasteiger partial charge in [-0.1, -0.05) is 0 Å². The fourth-order valence-electron chi connectivity index (χ4n) is 2.67. The van der Waals surface area contributed by atoms with Crippen molar-refractivity contribution < 1.29 is 19.0 Å². The van der Waals surface area contributed by atoms with E-state index in [1.165, 1.54) is 0 Å². The van der Waals surface area contributed by atoms with Gasteiger partial charge >= 0.3 is 0 Å². The molecule has 0 unspecified atom stereocenters. The number of halogens is 1. The molecule has 0 aromatic heterocycles. The Morgan fingerprint density at radius 1 is 1.23 bits per heavy atom. The highest BCUT2D eigenvalue weighted by Crippen LogP contribution is 2.39. The first-order valence-electron chi connectivity index (χ1n) is 7.87. The van der Waals surface area contributed by atoms with Crippen LogP contribution in [-0.2, 0) is 0 Å². The molecule has 0 atom stereocenters. The topological polar surface area (TPSA) is 74.0 Å². The minimum Gasteiger partial charge on any atom is -0.496 e. The van der Waals surface area contributed by atoms with Gasteiger partial charge in [0.05, 0.1) is 23.0 Å². The molecule has 1 aliphatic rings.